The molecule has 124 valence electrons. The minimum Gasteiger partial charge on any atom is -0.478 e. The third-order valence-electron chi connectivity index (χ3n) is 3.34. The standard InChI is InChI=1S/C16H13FN2O4S/c1-10(12-4-2-11(9-18)3-5-12)19-24(22,23)15-7-6-13(16(20)21)8-14(15)17/h2-8,10,19H,1H3,(H,20,21). The van der Waals surface area contributed by atoms with Gasteiger partial charge in [-0.1, -0.05) is 12.1 Å². The SMILES string of the molecule is CC(NS(=O)(=O)c1ccc(C(=O)O)cc1F)c1ccc(C#N)cc1. The zero-order valence-electron chi connectivity index (χ0n) is 12.5. The van der Waals surface area contributed by atoms with E-state index in [-0.39, 0.29) is 5.56 Å². The molecule has 0 radical (unpaired) electrons. The molecule has 1 atom stereocenters. The summed E-state index contributed by atoms with van der Waals surface area (Å²) >= 11 is 0. The normalized spacial score (nSPS) is 12.4. The number of nitrogens with one attached hydrogen (secondary N) is 1. The predicted molar refractivity (Wildman–Crippen MR) is 83.3 cm³/mol. The van der Waals surface area contributed by atoms with Crippen LogP contribution >= 0.6 is 0 Å². The minimum atomic E-state index is -4.18. The fourth-order valence-corrected chi connectivity index (χ4v) is 3.35. The Labute approximate surface area is 138 Å². The number of nitrogens with zero attached hydrogens (tertiary/aromatic N) is 1. The Kier molecular flexibility index (Phi) is 4.97. The van der Waals surface area contributed by atoms with Gasteiger partial charge in [0, 0.05) is 6.04 Å². The van der Waals surface area contributed by atoms with Gasteiger partial charge < -0.3 is 5.11 Å². The van der Waals surface area contributed by atoms with Crippen molar-refractivity contribution in [2.24, 2.45) is 0 Å². The summed E-state index contributed by atoms with van der Waals surface area (Å²) < 4.78 is 40.8. The Morgan fingerprint density at radius 3 is 2.38 bits per heavy atom. The average molecular weight is 348 g/mol. The van der Waals surface area contributed by atoms with Crippen LogP contribution in [0.4, 0.5) is 4.39 Å². The Hall–Kier alpha value is -2.76. The topological polar surface area (TPSA) is 107 Å². The number of hydrogen-bond acceptors (Lipinski definition) is 4. The van der Waals surface area contributed by atoms with Crippen molar-refractivity contribution in [1.29, 1.82) is 5.26 Å². The summed E-state index contributed by atoms with van der Waals surface area (Å²) in [5.74, 6) is -2.49. The van der Waals surface area contributed by atoms with Gasteiger partial charge in [-0.2, -0.15) is 5.26 Å². The van der Waals surface area contributed by atoms with Crippen LogP contribution < -0.4 is 4.72 Å². The van der Waals surface area contributed by atoms with Gasteiger partial charge in [-0.15, -0.1) is 0 Å². The first-order chi connectivity index (χ1) is 11.2. The van der Waals surface area contributed by atoms with Crippen LogP contribution in [0.25, 0.3) is 0 Å². The number of hydrogen-bond donors (Lipinski definition) is 2. The van der Waals surface area contributed by atoms with Crippen LogP contribution in [0.5, 0.6) is 0 Å². The molecule has 24 heavy (non-hydrogen) atoms. The van der Waals surface area contributed by atoms with E-state index < -0.39 is 32.7 Å². The van der Waals surface area contributed by atoms with Crippen LogP contribution in [0.1, 0.15) is 34.5 Å². The van der Waals surface area contributed by atoms with Crippen LogP contribution in [0.15, 0.2) is 47.4 Å². The molecular weight excluding hydrogens is 335 g/mol. The van der Waals surface area contributed by atoms with E-state index in [2.05, 4.69) is 4.72 Å². The molecule has 8 heteroatoms. The monoisotopic (exact) mass is 348 g/mol. The number of aromatic carboxylic acids is 1. The Bertz CT molecular complexity index is 918. The van der Waals surface area contributed by atoms with Crippen LogP contribution in [-0.2, 0) is 10.0 Å². The molecule has 0 aliphatic rings. The number of benzene rings is 2. The molecule has 2 N–H and O–H groups in total. The summed E-state index contributed by atoms with van der Waals surface area (Å²) in [6.07, 6.45) is 0. The summed E-state index contributed by atoms with van der Waals surface area (Å²) in [6, 6.07) is 10.1. The van der Waals surface area contributed by atoms with E-state index in [1.165, 1.54) is 0 Å². The zero-order chi connectivity index (χ0) is 17.9. The number of nitriles is 1. The van der Waals surface area contributed by atoms with Gasteiger partial charge in [-0.05, 0) is 42.8 Å². The Morgan fingerprint density at radius 2 is 1.88 bits per heavy atom. The maximum absolute atomic E-state index is 13.9. The molecule has 0 saturated heterocycles. The lowest BCUT2D eigenvalue weighted by Crippen LogP contribution is -2.27. The lowest BCUT2D eigenvalue weighted by molar-refractivity contribution is 0.0696. The first-order valence-electron chi connectivity index (χ1n) is 6.80. The van der Waals surface area contributed by atoms with Crippen molar-refractivity contribution in [1.82, 2.24) is 4.72 Å². The van der Waals surface area contributed by atoms with Crippen LogP contribution in [0.3, 0.4) is 0 Å². The maximum Gasteiger partial charge on any atom is 0.335 e. The third-order valence-corrected chi connectivity index (χ3v) is 4.91. The maximum atomic E-state index is 13.9. The molecule has 0 aliphatic heterocycles. The molecule has 0 bridgehead atoms. The second-order valence-corrected chi connectivity index (χ2v) is 6.71. The number of rotatable bonds is 5. The van der Waals surface area contributed by atoms with Crippen molar-refractivity contribution < 1.29 is 22.7 Å². The van der Waals surface area contributed by atoms with Gasteiger partial charge in [0.25, 0.3) is 0 Å². The smallest absolute Gasteiger partial charge is 0.335 e. The molecule has 0 amide bonds. The molecule has 0 saturated carbocycles. The first-order valence-corrected chi connectivity index (χ1v) is 8.28. The largest absolute Gasteiger partial charge is 0.478 e. The molecule has 0 aliphatic carbocycles. The molecule has 2 rings (SSSR count). The van der Waals surface area contributed by atoms with Gasteiger partial charge in [-0.25, -0.2) is 22.3 Å². The van der Waals surface area contributed by atoms with Gasteiger partial charge in [-0.3, -0.25) is 0 Å². The molecule has 0 heterocycles. The third kappa shape index (κ3) is 3.76. The highest BCUT2D eigenvalue weighted by Crippen LogP contribution is 2.20. The summed E-state index contributed by atoms with van der Waals surface area (Å²) in [6.45, 7) is 1.57. The summed E-state index contributed by atoms with van der Waals surface area (Å²) in [4.78, 5) is 10.1. The van der Waals surface area contributed by atoms with Gasteiger partial charge in [0.15, 0.2) is 0 Å². The van der Waals surface area contributed by atoms with Gasteiger partial charge in [0.05, 0.1) is 17.2 Å². The number of carboxylic acids is 1. The van der Waals surface area contributed by atoms with E-state index in [1.807, 2.05) is 6.07 Å². The highest BCUT2D eigenvalue weighted by atomic mass is 32.2. The fraction of sp³-hybridized carbons (Fsp3) is 0.125. The molecule has 2 aromatic rings. The van der Waals surface area contributed by atoms with Crippen molar-refractivity contribution in [2.45, 2.75) is 17.9 Å². The van der Waals surface area contributed by atoms with Crippen molar-refractivity contribution in [3.05, 3.63) is 65.0 Å². The van der Waals surface area contributed by atoms with Crippen LogP contribution in [0, 0.1) is 17.1 Å². The van der Waals surface area contributed by atoms with Crippen LogP contribution in [0.2, 0.25) is 0 Å². The van der Waals surface area contributed by atoms with E-state index in [1.54, 1.807) is 31.2 Å². The summed E-state index contributed by atoms with van der Waals surface area (Å²) in [5.41, 5.74) is 0.691. The molecule has 6 nitrogen and oxygen atoms in total. The lowest BCUT2D eigenvalue weighted by Gasteiger charge is -2.15. The van der Waals surface area contributed by atoms with E-state index >= 15 is 0 Å². The Morgan fingerprint density at radius 1 is 1.25 bits per heavy atom. The zero-order valence-corrected chi connectivity index (χ0v) is 13.3. The van der Waals surface area contributed by atoms with Crippen molar-refractivity contribution >= 4 is 16.0 Å². The number of carbonyl (C=O) groups is 1. The number of sulfonamides is 1. The molecule has 2 aromatic carbocycles. The quantitative estimate of drug-likeness (QED) is 0.863. The fourth-order valence-electron chi connectivity index (χ4n) is 2.06. The molecule has 0 fully saturated rings. The van der Waals surface area contributed by atoms with Crippen LogP contribution in [-0.4, -0.2) is 19.5 Å². The second kappa shape index (κ2) is 6.78. The first kappa shape index (κ1) is 17.6. The molecule has 0 aromatic heterocycles. The molecular formula is C16H13FN2O4S. The Balaban J connectivity index is 2.27. The highest BCUT2D eigenvalue weighted by Gasteiger charge is 2.23. The lowest BCUT2D eigenvalue weighted by atomic mass is 10.1. The second-order valence-electron chi connectivity index (χ2n) is 5.03. The van der Waals surface area contributed by atoms with E-state index in [0.717, 1.165) is 12.1 Å². The number of carboxylic acid groups (broad SMARTS) is 1. The predicted octanol–water partition coefficient (Wildman–Crippen LogP) is 2.44. The van der Waals surface area contributed by atoms with E-state index in [4.69, 9.17) is 10.4 Å². The molecule has 1 unspecified atom stereocenters. The van der Waals surface area contributed by atoms with Gasteiger partial charge in [0.2, 0.25) is 10.0 Å². The summed E-state index contributed by atoms with van der Waals surface area (Å²) in [7, 11) is -4.18. The van der Waals surface area contributed by atoms with Crippen molar-refractivity contribution in [3.63, 3.8) is 0 Å². The van der Waals surface area contributed by atoms with Crippen molar-refractivity contribution in [2.75, 3.05) is 0 Å². The number of halogens is 1. The minimum absolute atomic E-state index is 0.341. The van der Waals surface area contributed by atoms with E-state index in [0.29, 0.717) is 17.2 Å². The van der Waals surface area contributed by atoms with E-state index in [9.17, 15) is 17.6 Å². The molecule has 0 spiro atoms. The van der Waals surface area contributed by atoms with Crippen molar-refractivity contribution in [3.8, 4) is 6.07 Å². The van der Waals surface area contributed by atoms with Gasteiger partial charge in [0.1, 0.15) is 10.7 Å². The average Bonchev–Trinajstić information content (AvgIpc) is 2.54. The summed E-state index contributed by atoms with van der Waals surface area (Å²) in [5, 5.41) is 17.5. The highest BCUT2D eigenvalue weighted by molar-refractivity contribution is 7.89. The van der Waals surface area contributed by atoms with Gasteiger partial charge >= 0.3 is 5.97 Å².